The first-order valence-electron chi connectivity index (χ1n) is 11.5. The van der Waals surface area contributed by atoms with E-state index < -0.39 is 0 Å². The van der Waals surface area contributed by atoms with Gasteiger partial charge >= 0.3 is 0 Å². The third-order valence-electron chi connectivity index (χ3n) is 5.67. The summed E-state index contributed by atoms with van der Waals surface area (Å²) in [6, 6.07) is 14.2. The Morgan fingerprint density at radius 1 is 1.03 bits per heavy atom. The van der Waals surface area contributed by atoms with E-state index >= 15 is 0 Å². The largest absolute Gasteiger partial charge is 0.378 e. The Labute approximate surface area is 213 Å². The molecular weight excluding hydrogens is 480 g/mol. The van der Waals surface area contributed by atoms with Crippen molar-refractivity contribution in [2.24, 2.45) is 7.05 Å². The summed E-state index contributed by atoms with van der Waals surface area (Å²) in [5.41, 5.74) is 2.73. The Morgan fingerprint density at radius 2 is 1.78 bits per heavy atom. The highest BCUT2D eigenvalue weighted by atomic mass is 32.2. The van der Waals surface area contributed by atoms with Gasteiger partial charge < -0.3 is 24.8 Å². The van der Waals surface area contributed by atoms with Crippen LogP contribution in [0.1, 0.15) is 32.1 Å². The van der Waals surface area contributed by atoms with Crippen LogP contribution in [0.2, 0.25) is 0 Å². The van der Waals surface area contributed by atoms with Crippen LogP contribution in [0.15, 0.2) is 53.7 Å². The van der Waals surface area contributed by atoms with E-state index in [9.17, 15) is 14.4 Å². The summed E-state index contributed by atoms with van der Waals surface area (Å²) in [7, 11) is 1.79. The van der Waals surface area contributed by atoms with Gasteiger partial charge in [0.25, 0.3) is 11.8 Å². The lowest BCUT2D eigenvalue weighted by Crippen LogP contribution is -2.40. The Hall–Kier alpha value is -3.70. The van der Waals surface area contributed by atoms with Crippen LogP contribution in [-0.4, -0.2) is 69.4 Å². The summed E-state index contributed by atoms with van der Waals surface area (Å²) in [6.45, 7) is 4.35. The fourth-order valence-electron chi connectivity index (χ4n) is 3.60. The normalized spacial score (nSPS) is 13.3. The van der Waals surface area contributed by atoms with E-state index in [2.05, 4.69) is 20.8 Å². The molecule has 0 atom stereocenters. The molecule has 1 aromatic heterocycles. The molecule has 2 N–H and O–H groups in total. The SMILES string of the molecule is Cc1ccc(C(=O)NCc2nnc(SCC(=O)Nc3cccc(C(=O)N4CCOCC4)c3)n2C)cc1. The predicted molar refractivity (Wildman–Crippen MR) is 136 cm³/mol. The van der Waals surface area contributed by atoms with Gasteiger partial charge in [-0.2, -0.15) is 0 Å². The number of amides is 3. The van der Waals surface area contributed by atoms with Crippen LogP contribution < -0.4 is 10.6 Å². The molecule has 2 aromatic carbocycles. The van der Waals surface area contributed by atoms with Crippen molar-refractivity contribution in [1.29, 1.82) is 0 Å². The zero-order valence-electron chi connectivity index (χ0n) is 20.2. The van der Waals surface area contributed by atoms with Crippen LogP contribution >= 0.6 is 11.8 Å². The molecule has 0 spiro atoms. The molecule has 0 radical (unpaired) electrons. The smallest absolute Gasteiger partial charge is 0.254 e. The van der Waals surface area contributed by atoms with Crippen molar-refractivity contribution in [2.45, 2.75) is 18.6 Å². The van der Waals surface area contributed by atoms with Crippen LogP contribution in [0.3, 0.4) is 0 Å². The molecule has 0 unspecified atom stereocenters. The average Bonchev–Trinajstić information content (AvgIpc) is 3.25. The number of hydrogen-bond acceptors (Lipinski definition) is 7. The topological polar surface area (TPSA) is 118 Å². The predicted octanol–water partition coefficient (Wildman–Crippen LogP) is 2.26. The molecule has 1 saturated heterocycles. The number of hydrogen-bond donors (Lipinski definition) is 2. The van der Waals surface area contributed by atoms with Crippen molar-refractivity contribution in [2.75, 3.05) is 37.4 Å². The number of rotatable bonds is 8. The number of thioether (sulfide) groups is 1. The summed E-state index contributed by atoms with van der Waals surface area (Å²) >= 11 is 1.24. The van der Waals surface area contributed by atoms with Crippen molar-refractivity contribution in [3.05, 3.63) is 71.0 Å². The maximum atomic E-state index is 12.7. The highest BCUT2D eigenvalue weighted by Gasteiger charge is 2.19. The lowest BCUT2D eigenvalue weighted by atomic mass is 10.1. The minimum atomic E-state index is -0.229. The molecule has 188 valence electrons. The van der Waals surface area contributed by atoms with Crippen molar-refractivity contribution < 1.29 is 19.1 Å². The second-order valence-electron chi connectivity index (χ2n) is 8.33. The Bertz CT molecular complexity index is 1240. The van der Waals surface area contributed by atoms with Crippen molar-refractivity contribution in [1.82, 2.24) is 25.0 Å². The first-order valence-corrected chi connectivity index (χ1v) is 12.5. The molecule has 36 heavy (non-hydrogen) atoms. The van der Waals surface area contributed by atoms with Gasteiger partial charge in [-0.1, -0.05) is 35.5 Å². The zero-order chi connectivity index (χ0) is 25.5. The van der Waals surface area contributed by atoms with Crippen LogP contribution in [-0.2, 0) is 23.1 Å². The van der Waals surface area contributed by atoms with E-state index in [1.54, 1.807) is 52.9 Å². The van der Waals surface area contributed by atoms with Gasteiger partial charge in [-0.15, -0.1) is 10.2 Å². The Morgan fingerprint density at radius 3 is 2.53 bits per heavy atom. The number of carbonyl (C=O) groups excluding carboxylic acids is 3. The third-order valence-corrected chi connectivity index (χ3v) is 6.69. The molecule has 10 nitrogen and oxygen atoms in total. The molecule has 0 bridgehead atoms. The second kappa shape index (κ2) is 11.8. The van der Waals surface area contributed by atoms with E-state index in [0.717, 1.165) is 5.56 Å². The van der Waals surface area contributed by atoms with Crippen LogP contribution in [0.5, 0.6) is 0 Å². The number of morpholine rings is 1. The first kappa shape index (κ1) is 25.4. The number of ether oxygens (including phenoxy) is 1. The maximum absolute atomic E-state index is 12.7. The van der Waals surface area contributed by atoms with Crippen LogP contribution in [0.4, 0.5) is 5.69 Å². The highest BCUT2D eigenvalue weighted by Crippen LogP contribution is 2.18. The summed E-state index contributed by atoms with van der Waals surface area (Å²) < 4.78 is 7.04. The number of aromatic nitrogens is 3. The fourth-order valence-corrected chi connectivity index (χ4v) is 4.33. The van der Waals surface area contributed by atoms with Gasteiger partial charge in [-0.25, -0.2) is 0 Å². The van der Waals surface area contributed by atoms with Crippen LogP contribution in [0, 0.1) is 6.92 Å². The number of benzene rings is 2. The van der Waals surface area contributed by atoms with Crippen molar-refractivity contribution in [3.63, 3.8) is 0 Å². The second-order valence-corrected chi connectivity index (χ2v) is 9.27. The van der Waals surface area contributed by atoms with Gasteiger partial charge in [-0.3, -0.25) is 14.4 Å². The highest BCUT2D eigenvalue weighted by molar-refractivity contribution is 7.99. The summed E-state index contributed by atoms with van der Waals surface area (Å²) in [6.07, 6.45) is 0. The van der Waals surface area contributed by atoms with E-state index in [1.165, 1.54) is 11.8 Å². The molecule has 1 fully saturated rings. The zero-order valence-corrected chi connectivity index (χ0v) is 21.0. The van der Waals surface area contributed by atoms with Gasteiger partial charge in [0.05, 0.1) is 25.5 Å². The number of aryl methyl sites for hydroxylation is 1. The van der Waals surface area contributed by atoms with Crippen LogP contribution in [0.25, 0.3) is 0 Å². The lowest BCUT2D eigenvalue weighted by Gasteiger charge is -2.27. The molecule has 4 rings (SSSR count). The number of anilines is 1. The molecule has 11 heteroatoms. The van der Waals surface area contributed by atoms with E-state index in [-0.39, 0.29) is 30.0 Å². The minimum Gasteiger partial charge on any atom is -0.378 e. The third kappa shape index (κ3) is 6.49. The number of carbonyl (C=O) groups is 3. The Kier molecular flexibility index (Phi) is 8.34. The monoisotopic (exact) mass is 508 g/mol. The van der Waals surface area contributed by atoms with Gasteiger partial charge in [0.15, 0.2) is 11.0 Å². The first-order chi connectivity index (χ1) is 17.4. The van der Waals surface area contributed by atoms with E-state index in [1.807, 2.05) is 19.1 Å². The van der Waals surface area contributed by atoms with E-state index in [4.69, 9.17) is 4.74 Å². The van der Waals surface area contributed by atoms with Gasteiger partial charge in [0, 0.05) is 37.0 Å². The van der Waals surface area contributed by atoms with E-state index in [0.29, 0.717) is 54.1 Å². The molecule has 0 aliphatic carbocycles. The summed E-state index contributed by atoms with van der Waals surface area (Å²) in [4.78, 5) is 39.3. The van der Waals surface area contributed by atoms with Crippen molar-refractivity contribution in [3.8, 4) is 0 Å². The lowest BCUT2D eigenvalue weighted by molar-refractivity contribution is -0.113. The molecule has 3 amide bonds. The number of nitrogens with zero attached hydrogens (tertiary/aromatic N) is 4. The van der Waals surface area contributed by atoms with Gasteiger partial charge in [-0.05, 0) is 37.3 Å². The van der Waals surface area contributed by atoms with Gasteiger partial charge in [0.1, 0.15) is 0 Å². The molecular formula is C25H28N6O4S. The number of nitrogens with one attached hydrogen (secondary N) is 2. The van der Waals surface area contributed by atoms with Crippen molar-refractivity contribution >= 4 is 35.2 Å². The average molecular weight is 509 g/mol. The fraction of sp³-hybridized carbons (Fsp3) is 0.320. The molecule has 1 aliphatic heterocycles. The summed E-state index contributed by atoms with van der Waals surface area (Å²) in [5, 5.41) is 14.5. The Balaban J connectivity index is 1.27. The minimum absolute atomic E-state index is 0.0788. The molecule has 3 aromatic rings. The molecule has 1 aliphatic rings. The summed E-state index contributed by atoms with van der Waals surface area (Å²) in [5.74, 6) is 0.190. The molecule has 2 heterocycles. The van der Waals surface area contributed by atoms with Gasteiger partial charge in [0.2, 0.25) is 5.91 Å². The quantitative estimate of drug-likeness (QED) is 0.448. The molecule has 0 saturated carbocycles. The standard InChI is InChI=1S/C25H28N6O4S/c1-17-6-8-18(9-7-17)23(33)26-15-21-28-29-25(30(21)2)36-16-22(32)27-20-5-3-4-19(14-20)24(34)31-10-12-35-13-11-31/h3-9,14H,10-13,15-16H2,1-2H3,(H,26,33)(H,27,32). The maximum Gasteiger partial charge on any atom is 0.254 e.